The molecular formula is C21H21N5OS2. The number of carbonyl (C=O) groups is 1. The minimum Gasteiger partial charge on any atom is -0.322 e. The van der Waals surface area contributed by atoms with Crippen LogP contribution in [0.1, 0.15) is 17.0 Å². The van der Waals surface area contributed by atoms with Gasteiger partial charge in [0.25, 0.3) is 0 Å². The molecule has 1 N–H and O–H groups in total. The van der Waals surface area contributed by atoms with Crippen LogP contribution >= 0.6 is 23.1 Å². The lowest BCUT2D eigenvalue weighted by atomic mass is 10.1. The highest BCUT2D eigenvalue weighted by Crippen LogP contribution is 2.37. The second-order valence-electron chi connectivity index (χ2n) is 6.88. The molecule has 0 aliphatic rings. The number of hydrogen-bond donors (Lipinski definition) is 1. The Balaban J connectivity index is 1.57. The number of rotatable bonds is 5. The number of carbonyl (C=O) groups excluding carboxylic acids is 1. The molecule has 0 unspecified atom stereocenters. The number of anilines is 1. The minimum atomic E-state index is -0.0759. The van der Waals surface area contributed by atoms with Crippen molar-refractivity contribution in [1.29, 1.82) is 0 Å². The standard InChI is InChI=1S/C21H21N5OS2/c1-12-5-7-15(8-6-12)16-9-28-20-18(16)21(23-11-22-20)29-10-17(27)24-19-13(2)25-26(4)14(19)3/h5-9,11H,10H2,1-4H3,(H,24,27). The van der Waals surface area contributed by atoms with Gasteiger partial charge in [0.15, 0.2) is 0 Å². The lowest BCUT2D eigenvalue weighted by molar-refractivity contribution is -0.113. The van der Waals surface area contributed by atoms with Gasteiger partial charge in [0.2, 0.25) is 5.91 Å². The Hall–Kier alpha value is -2.71. The van der Waals surface area contributed by atoms with E-state index < -0.39 is 0 Å². The molecule has 3 heterocycles. The molecule has 148 valence electrons. The van der Waals surface area contributed by atoms with Crippen LogP contribution in [0.15, 0.2) is 41.0 Å². The van der Waals surface area contributed by atoms with Gasteiger partial charge in [0.1, 0.15) is 16.2 Å². The number of fused-ring (bicyclic) bond motifs is 1. The summed E-state index contributed by atoms with van der Waals surface area (Å²) in [5.41, 5.74) is 5.98. The molecule has 0 fully saturated rings. The third kappa shape index (κ3) is 3.90. The van der Waals surface area contributed by atoms with E-state index in [0.717, 1.165) is 43.4 Å². The lowest BCUT2D eigenvalue weighted by Crippen LogP contribution is -2.15. The van der Waals surface area contributed by atoms with Gasteiger partial charge in [-0.2, -0.15) is 5.10 Å². The van der Waals surface area contributed by atoms with Crippen molar-refractivity contribution in [2.75, 3.05) is 11.1 Å². The third-order valence-electron chi connectivity index (χ3n) is 4.81. The van der Waals surface area contributed by atoms with E-state index in [2.05, 4.69) is 57.0 Å². The molecule has 4 aromatic rings. The maximum atomic E-state index is 12.6. The summed E-state index contributed by atoms with van der Waals surface area (Å²) in [4.78, 5) is 22.4. The highest BCUT2D eigenvalue weighted by molar-refractivity contribution is 8.00. The van der Waals surface area contributed by atoms with Crippen LogP contribution in [0.3, 0.4) is 0 Å². The fourth-order valence-corrected chi connectivity index (χ4v) is 4.96. The van der Waals surface area contributed by atoms with E-state index in [-0.39, 0.29) is 11.7 Å². The van der Waals surface area contributed by atoms with E-state index in [0.29, 0.717) is 0 Å². The van der Waals surface area contributed by atoms with Crippen molar-refractivity contribution < 1.29 is 4.79 Å². The Bertz CT molecular complexity index is 1190. The predicted octanol–water partition coefficient (Wildman–Crippen LogP) is 4.75. The number of thioether (sulfide) groups is 1. The largest absolute Gasteiger partial charge is 0.322 e. The summed E-state index contributed by atoms with van der Waals surface area (Å²) in [5, 5.41) is 11.3. The average Bonchev–Trinajstić information content (AvgIpc) is 3.24. The normalized spacial score (nSPS) is 11.2. The minimum absolute atomic E-state index is 0.0759. The Morgan fingerprint density at radius 1 is 1.17 bits per heavy atom. The first-order valence-electron chi connectivity index (χ1n) is 9.16. The number of nitrogens with zero attached hydrogens (tertiary/aromatic N) is 4. The van der Waals surface area contributed by atoms with Gasteiger partial charge in [0, 0.05) is 18.0 Å². The fraction of sp³-hybridized carbons (Fsp3) is 0.238. The van der Waals surface area contributed by atoms with Crippen LogP contribution in [0.4, 0.5) is 5.69 Å². The SMILES string of the molecule is Cc1ccc(-c2csc3ncnc(SCC(=O)Nc4c(C)nn(C)c4C)c23)cc1. The van der Waals surface area contributed by atoms with E-state index in [1.807, 2.05) is 20.9 Å². The monoisotopic (exact) mass is 423 g/mol. The molecule has 0 atom stereocenters. The van der Waals surface area contributed by atoms with Crippen LogP contribution in [0.2, 0.25) is 0 Å². The molecule has 0 bridgehead atoms. The van der Waals surface area contributed by atoms with Crippen LogP contribution in [0.25, 0.3) is 21.3 Å². The summed E-state index contributed by atoms with van der Waals surface area (Å²) in [6.07, 6.45) is 1.56. The molecule has 0 aliphatic carbocycles. The smallest absolute Gasteiger partial charge is 0.234 e. The molecule has 4 rings (SSSR count). The number of thiophene rings is 1. The van der Waals surface area contributed by atoms with Crippen molar-refractivity contribution >= 4 is 44.9 Å². The van der Waals surface area contributed by atoms with Gasteiger partial charge in [-0.3, -0.25) is 9.48 Å². The van der Waals surface area contributed by atoms with Gasteiger partial charge in [0.05, 0.1) is 28.2 Å². The molecule has 3 aromatic heterocycles. The molecule has 0 radical (unpaired) electrons. The molecular weight excluding hydrogens is 402 g/mol. The third-order valence-corrected chi connectivity index (χ3v) is 6.69. The highest BCUT2D eigenvalue weighted by Gasteiger charge is 2.16. The summed E-state index contributed by atoms with van der Waals surface area (Å²) in [6.45, 7) is 5.91. The van der Waals surface area contributed by atoms with Crippen LogP contribution in [0.5, 0.6) is 0 Å². The number of nitrogens with one attached hydrogen (secondary N) is 1. The van der Waals surface area contributed by atoms with Gasteiger partial charge < -0.3 is 5.32 Å². The maximum Gasteiger partial charge on any atom is 0.234 e. The number of benzene rings is 1. The number of hydrogen-bond acceptors (Lipinski definition) is 6. The van der Waals surface area contributed by atoms with Gasteiger partial charge in [-0.1, -0.05) is 41.6 Å². The Kier molecular flexibility index (Phi) is 5.38. The van der Waals surface area contributed by atoms with E-state index in [4.69, 9.17) is 0 Å². The zero-order valence-corrected chi connectivity index (χ0v) is 18.3. The summed E-state index contributed by atoms with van der Waals surface area (Å²) in [6, 6.07) is 8.42. The molecule has 8 heteroatoms. The van der Waals surface area contributed by atoms with Crippen molar-refractivity contribution in [2.45, 2.75) is 25.8 Å². The zero-order valence-electron chi connectivity index (χ0n) is 16.7. The molecule has 1 amide bonds. The summed E-state index contributed by atoms with van der Waals surface area (Å²) in [7, 11) is 1.87. The first-order chi connectivity index (χ1) is 13.9. The van der Waals surface area contributed by atoms with Gasteiger partial charge >= 0.3 is 0 Å². The van der Waals surface area contributed by atoms with E-state index >= 15 is 0 Å². The molecule has 1 aromatic carbocycles. The molecule has 0 saturated heterocycles. The molecule has 0 aliphatic heterocycles. The quantitative estimate of drug-likeness (QED) is 0.370. The highest BCUT2D eigenvalue weighted by atomic mass is 32.2. The van der Waals surface area contributed by atoms with Crippen LogP contribution in [0, 0.1) is 20.8 Å². The predicted molar refractivity (Wildman–Crippen MR) is 120 cm³/mol. The van der Waals surface area contributed by atoms with Crippen LogP contribution in [-0.4, -0.2) is 31.4 Å². The Morgan fingerprint density at radius 3 is 2.62 bits per heavy atom. The Labute approximate surface area is 177 Å². The molecule has 29 heavy (non-hydrogen) atoms. The average molecular weight is 424 g/mol. The van der Waals surface area contributed by atoms with Crippen LogP contribution in [-0.2, 0) is 11.8 Å². The van der Waals surface area contributed by atoms with Gasteiger partial charge in [-0.15, -0.1) is 11.3 Å². The summed E-state index contributed by atoms with van der Waals surface area (Å²) < 4.78 is 1.77. The van der Waals surface area contributed by atoms with Gasteiger partial charge in [-0.05, 0) is 26.3 Å². The van der Waals surface area contributed by atoms with Crippen LogP contribution < -0.4 is 5.32 Å². The second-order valence-corrected chi connectivity index (χ2v) is 8.70. The van der Waals surface area contributed by atoms with Crippen molar-refractivity contribution in [2.24, 2.45) is 7.05 Å². The van der Waals surface area contributed by atoms with Crippen molar-refractivity contribution in [1.82, 2.24) is 19.7 Å². The van der Waals surface area contributed by atoms with Crippen molar-refractivity contribution in [3.8, 4) is 11.1 Å². The lowest BCUT2D eigenvalue weighted by Gasteiger charge is -2.07. The van der Waals surface area contributed by atoms with E-state index in [1.165, 1.54) is 17.3 Å². The van der Waals surface area contributed by atoms with Crippen molar-refractivity contribution in [3.63, 3.8) is 0 Å². The van der Waals surface area contributed by atoms with Gasteiger partial charge in [-0.25, -0.2) is 9.97 Å². The number of aryl methyl sites for hydroxylation is 3. The number of aromatic nitrogens is 4. The zero-order chi connectivity index (χ0) is 20.5. The van der Waals surface area contributed by atoms with E-state index in [9.17, 15) is 4.79 Å². The maximum absolute atomic E-state index is 12.6. The summed E-state index contributed by atoms with van der Waals surface area (Å²) in [5.74, 6) is 0.191. The first-order valence-corrected chi connectivity index (χ1v) is 11.0. The summed E-state index contributed by atoms with van der Waals surface area (Å²) >= 11 is 3.02. The fourth-order valence-electron chi connectivity index (χ4n) is 3.17. The first kappa shape index (κ1) is 19.6. The van der Waals surface area contributed by atoms with E-state index in [1.54, 1.807) is 22.3 Å². The molecule has 0 spiro atoms. The topological polar surface area (TPSA) is 72.7 Å². The number of amides is 1. The Morgan fingerprint density at radius 2 is 1.93 bits per heavy atom. The second kappa shape index (κ2) is 7.96. The molecule has 6 nitrogen and oxygen atoms in total. The van der Waals surface area contributed by atoms with Crippen molar-refractivity contribution in [3.05, 3.63) is 52.9 Å². The molecule has 0 saturated carbocycles.